The normalized spacial score (nSPS) is 12.7. The fourth-order valence-corrected chi connectivity index (χ4v) is 0.991. The van der Waals surface area contributed by atoms with Gasteiger partial charge in [-0.25, -0.2) is 0 Å². The Hall–Kier alpha value is -0.320. The summed E-state index contributed by atoms with van der Waals surface area (Å²) >= 11 is 0. The summed E-state index contributed by atoms with van der Waals surface area (Å²) in [5.74, 6) is -1.29. The van der Waals surface area contributed by atoms with Crippen LogP contribution >= 0.6 is 0 Å². The highest BCUT2D eigenvalue weighted by Gasteiger charge is 2.31. The SMILES string of the molecule is COC(COCC([O])O)(COCC([O])O)OC. The topological polar surface area (TPSA) is 117 Å². The average molecular weight is 254 g/mol. The van der Waals surface area contributed by atoms with Gasteiger partial charge in [0.1, 0.15) is 26.4 Å². The van der Waals surface area contributed by atoms with Crippen molar-refractivity contribution in [1.82, 2.24) is 0 Å². The van der Waals surface area contributed by atoms with Gasteiger partial charge in [-0.15, -0.1) is 0 Å². The van der Waals surface area contributed by atoms with Crippen LogP contribution in [0.5, 0.6) is 0 Å². The molecule has 0 saturated heterocycles. The second-order valence-electron chi connectivity index (χ2n) is 3.26. The van der Waals surface area contributed by atoms with Gasteiger partial charge in [-0.3, -0.25) is 0 Å². The Morgan fingerprint density at radius 3 is 1.53 bits per heavy atom. The van der Waals surface area contributed by atoms with E-state index in [-0.39, 0.29) is 13.2 Å². The molecule has 17 heavy (non-hydrogen) atoms. The lowest BCUT2D eigenvalue weighted by atomic mass is 10.3. The summed E-state index contributed by atoms with van der Waals surface area (Å²) < 4.78 is 19.8. The first kappa shape index (κ1) is 16.7. The van der Waals surface area contributed by atoms with Crippen molar-refractivity contribution >= 4 is 0 Å². The highest BCUT2D eigenvalue weighted by atomic mass is 16.7. The third kappa shape index (κ3) is 7.58. The summed E-state index contributed by atoms with van der Waals surface area (Å²) in [6.07, 6.45) is -3.68. The highest BCUT2D eigenvalue weighted by Crippen LogP contribution is 2.13. The van der Waals surface area contributed by atoms with E-state index >= 15 is 0 Å². The molecule has 0 aliphatic carbocycles. The second kappa shape index (κ2) is 8.72. The van der Waals surface area contributed by atoms with Crippen LogP contribution in [0, 0.1) is 0 Å². The van der Waals surface area contributed by atoms with E-state index in [0.717, 1.165) is 0 Å². The van der Waals surface area contributed by atoms with Crippen molar-refractivity contribution in [3.63, 3.8) is 0 Å². The maximum Gasteiger partial charge on any atom is 0.215 e. The van der Waals surface area contributed by atoms with Crippen molar-refractivity contribution in [3.05, 3.63) is 0 Å². The number of aliphatic hydroxyl groups is 2. The van der Waals surface area contributed by atoms with Gasteiger partial charge in [0.2, 0.25) is 18.4 Å². The first-order chi connectivity index (χ1) is 7.95. The molecule has 0 aliphatic heterocycles. The zero-order valence-electron chi connectivity index (χ0n) is 9.83. The molecule has 0 spiro atoms. The van der Waals surface area contributed by atoms with Crippen molar-refractivity contribution in [1.29, 1.82) is 0 Å². The first-order valence-corrected chi connectivity index (χ1v) is 4.89. The molecule has 8 heteroatoms. The zero-order valence-corrected chi connectivity index (χ0v) is 9.83. The molecule has 0 aromatic carbocycles. The van der Waals surface area contributed by atoms with Gasteiger partial charge in [0.25, 0.3) is 0 Å². The lowest BCUT2D eigenvalue weighted by Crippen LogP contribution is -2.44. The molecule has 0 aliphatic rings. The van der Waals surface area contributed by atoms with Crippen LogP contribution in [0.15, 0.2) is 0 Å². The van der Waals surface area contributed by atoms with E-state index in [1.807, 2.05) is 0 Å². The Morgan fingerprint density at radius 1 is 0.941 bits per heavy atom. The molecule has 0 aromatic rings. The fraction of sp³-hybridized carbons (Fsp3) is 1.00. The number of ether oxygens (including phenoxy) is 4. The molecular weight excluding hydrogens is 236 g/mol. The van der Waals surface area contributed by atoms with E-state index < -0.39 is 31.6 Å². The summed E-state index contributed by atoms with van der Waals surface area (Å²) in [6.45, 7) is -1.15. The lowest BCUT2D eigenvalue weighted by molar-refractivity contribution is -0.272. The van der Waals surface area contributed by atoms with E-state index in [9.17, 15) is 10.2 Å². The van der Waals surface area contributed by atoms with Crippen LogP contribution in [0.3, 0.4) is 0 Å². The van der Waals surface area contributed by atoms with Crippen LogP contribution in [-0.2, 0) is 29.2 Å². The molecule has 0 aromatic heterocycles. The van der Waals surface area contributed by atoms with Crippen molar-refractivity contribution < 1.29 is 39.4 Å². The number of methoxy groups -OCH3 is 2. The Kier molecular flexibility index (Phi) is 8.56. The Labute approximate surface area is 99.3 Å². The Balaban J connectivity index is 4.06. The van der Waals surface area contributed by atoms with Gasteiger partial charge in [0.15, 0.2) is 0 Å². The van der Waals surface area contributed by atoms with Crippen LogP contribution in [0.1, 0.15) is 0 Å². The lowest BCUT2D eigenvalue weighted by Gasteiger charge is -2.30. The van der Waals surface area contributed by atoms with Crippen molar-refractivity contribution in [2.45, 2.75) is 18.4 Å². The van der Waals surface area contributed by atoms with Gasteiger partial charge in [0.05, 0.1) is 0 Å². The summed E-state index contributed by atoms with van der Waals surface area (Å²) in [5.41, 5.74) is 0. The van der Waals surface area contributed by atoms with Crippen molar-refractivity contribution in [2.75, 3.05) is 40.6 Å². The van der Waals surface area contributed by atoms with E-state index in [4.69, 9.17) is 29.2 Å². The third-order valence-electron chi connectivity index (χ3n) is 1.91. The van der Waals surface area contributed by atoms with Gasteiger partial charge in [-0.05, 0) is 0 Å². The second-order valence-corrected chi connectivity index (χ2v) is 3.26. The molecule has 2 unspecified atom stereocenters. The quantitative estimate of drug-likeness (QED) is 0.458. The standard InChI is InChI=1S/C9H18O8/c1-14-9(15-2,5-16-3-7(10)11)6-17-4-8(12)13/h7-8,10,12H,3-6H2,1-2H3. The largest absolute Gasteiger partial charge is 0.370 e. The first-order valence-electron chi connectivity index (χ1n) is 4.89. The molecule has 2 atom stereocenters. The monoisotopic (exact) mass is 254 g/mol. The minimum absolute atomic E-state index is 0.158. The molecule has 0 amide bonds. The molecule has 0 saturated carbocycles. The zero-order chi connectivity index (χ0) is 13.3. The van der Waals surface area contributed by atoms with E-state index in [1.165, 1.54) is 14.2 Å². The molecule has 2 N–H and O–H groups in total. The summed E-state index contributed by atoms with van der Waals surface area (Å²) in [7, 11) is 2.66. The summed E-state index contributed by atoms with van der Waals surface area (Å²) in [4.78, 5) is 0. The van der Waals surface area contributed by atoms with Crippen molar-refractivity contribution in [3.8, 4) is 0 Å². The van der Waals surface area contributed by atoms with Gasteiger partial charge in [0, 0.05) is 14.2 Å². The predicted molar refractivity (Wildman–Crippen MR) is 51.8 cm³/mol. The van der Waals surface area contributed by atoms with Crippen LogP contribution in [0.25, 0.3) is 0 Å². The smallest absolute Gasteiger partial charge is 0.215 e. The molecule has 102 valence electrons. The molecule has 0 bridgehead atoms. The van der Waals surface area contributed by atoms with Gasteiger partial charge >= 0.3 is 0 Å². The maximum absolute atomic E-state index is 10.3. The van der Waals surface area contributed by atoms with Gasteiger partial charge in [-0.2, -0.15) is 10.2 Å². The summed E-state index contributed by atoms with van der Waals surface area (Å²) in [5, 5.41) is 37.6. The fourth-order valence-electron chi connectivity index (χ4n) is 0.991. The average Bonchev–Trinajstić information content (AvgIpc) is 2.26. The Bertz CT molecular complexity index is 164. The minimum Gasteiger partial charge on any atom is -0.370 e. The highest BCUT2D eigenvalue weighted by molar-refractivity contribution is 4.68. The number of aliphatic hydroxyl groups excluding tert-OH is 2. The molecule has 0 fully saturated rings. The van der Waals surface area contributed by atoms with Gasteiger partial charge in [-0.1, -0.05) is 0 Å². The molecule has 0 rings (SSSR count). The molecule has 0 heterocycles. The number of hydrogen-bond acceptors (Lipinski definition) is 6. The maximum atomic E-state index is 10.3. The van der Waals surface area contributed by atoms with E-state index in [2.05, 4.69) is 0 Å². The number of rotatable bonds is 10. The van der Waals surface area contributed by atoms with Gasteiger partial charge < -0.3 is 29.2 Å². The van der Waals surface area contributed by atoms with Crippen LogP contribution in [0.2, 0.25) is 0 Å². The van der Waals surface area contributed by atoms with Crippen LogP contribution in [-0.4, -0.2) is 69.2 Å². The van der Waals surface area contributed by atoms with Crippen molar-refractivity contribution in [2.24, 2.45) is 0 Å². The third-order valence-corrected chi connectivity index (χ3v) is 1.91. The molecule has 2 radical (unpaired) electrons. The Morgan fingerprint density at radius 2 is 1.29 bits per heavy atom. The van der Waals surface area contributed by atoms with Crippen LogP contribution in [0.4, 0.5) is 0 Å². The van der Waals surface area contributed by atoms with Crippen LogP contribution < -0.4 is 0 Å². The minimum atomic E-state index is -1.84. The van der Waals surface area contributed by atoms with E-state index in [0.29, 0.717) is 0 Å². The predicted octanol–water partition coefficient (Wildman–Crippen LogP) is -1.49. The summed E-state index contributed by atoms with van der Waals surface area (Å²) in [6, 6.07) is 0. The van der Waals surface area contributed by atoms with E-state index in [1.54, 1.807) is 0 Å². The molecule has 8 nitrogen and oxygen atoms in total. The number of hydrogen-bond donors (Lipinski definition) is 2. The molecular formula is C9H18O8.